The molecule has 10 aromatic rings. The van der Waals surface area contributed by atoms with Crippen LogP contribution in [0.3, 0.4) is 0 Å². The van der Waals surface area contributed by atoms with Crippen molar-refractivity contribution in [2.75, 3.05) is 0 Å². The normalized spacial score (nSPS) is 11.8. The molecular formula is C44H27N3S. The van der Waals surface area contributed by atoms with E-state index in [9.17, 15) is 0 Å². The predicted octanol–water partition coefficient (Wildman–Crippen LogP) is 12.1. The van der Waals surface area contributed by atoms with E-state index >= 15 is 0 Å². The van der Waals surface area contributed by atoms with Crippen molar-refractivity contribution in [3.63, 3.8) is 0 Å². The van der Waals surface area contributed by atoms with Gasteiger partial charge in [0.1, 0.15) is 0 Å². The summed E-state index contributed by atoms with van der Waals surface area (Å²) < 4.78 is 4.76. The lowest BCUT2D eigenvalue weighted by molar-refractivity contribution is 0.996. The third kappa shape index (κ3) is 4.27. The van der Waals surface area contributed by atoms with Crippen molar-refractivity contribution in [1.82, 2.24) is 14.5 Å². The fourth-order valence-corrected chi connectivity index (χ4v) is 8.37. The van der Waals surface area contributed by atoms with Gasteiger partial charge in [-0.3, -0.25) is 4.57 Å². The second-order valence-electron chi connectivity index (χ2n) is 12.2. The highest BCUT2D eigenvalue weighted by atomic mass is 32.1. The van der Waals surface area contributed by atoms with Gasteiger partial charge in [0.05, 0.1) is 22.4 Å². The molecule has 0 aliphatic rings. The highest BCUT2D eigenvalue weighted by Gasteiger charge is 2.19. The van der Waals surface area contributed by atoms with Crippen LogP contribution < -0.4 is 0 Å². The van der Waals surface area contributed by atoms with Crippen molar-refractivity contribution in [1.29, 1.82) is 0 Å². The minimum atomic E-state index is 0.659. The number of aromatic nitrogens is 3. The van der Waals surface area contributed by atoms with E-state index in [0.717, 1.165) is 39.1 Å². The zero-order valence-corrected chi connectivity index (χ0v) is 26.7. The summed E-state index contributed by atoms with van der Waals surface area (Å²) in [6.07, 6.45) is 0. The van der Waals surface area contributed by atoms with Crippen molar-refractivity contribution >= 4 is 64.1 Å². The standard InChI is InChI=1S/C44H27N3S/c1-3-12-28(13-4-1)32-22-23-34-33-18-9-10-21-40(33)47(41(34)25-32)44-45-38(29-14-5-2-6-15-29)27-39(46-44)36-20-11-19-35-37-24-30-16-7-8-17-31(30)26-42(37)48-43(35)36/h1-27H. The van der Waals surface area contributed by atoms with Gasteiger partial charge in [-0.25, -0.2) is 9.97 Å². The van der Waals surface area contributed by atoms with Gasteiger partial charge in [-0.2, -0.15) is 0 Å². The first kappa shape index (κ1) is 27.1. The molecule has 3 nitrogen and oxygen atoms in total. The number of nitrogens with zero attached hydrogens (tertiary/aromatic N) is 3. The fraction of sp³-hybridized carbons (Fsp3) is 0. The Balaban J connectivity index is 1.27. The first-order chi connectivity index (χ1) is 23.8. The molecule has 0 fully saturated rings. The van der Waals surface area contributed by atoms with Gasteiger partial charge in [0, 0.05) is 42.1 Å². The molecule has 3 heterocycles. The predicted molar refractivity (Wildman–Crippen MR) is 203 cm³/mol. The highest BCUT2D eigenvalue weighted by molar-refractivity contribution is 7.26. The summed E-state index contributed by atoms with van der Waals surface area (Å²) in [6.45, 7) is 0. The number of thiophene rings is 1. The van der Waals surface area contributed by atoms with E-state index in [1.807, 2.05) is 17.4 Å². The molecule has 0 amide bonds. The summed E-state index contributed by atoms with van der Waals surface area (Å²) in [5, 5.41) is 7.41. The highest BCUT2D eigenvalue weighted by Crippen LogP contribution is 2.42. The molecule has 0 unspecified atom stereocenters. The summed E-state index contributed by atoms with van der Waals surface area (Å²) in [4.78, 5) is 10.7. The Morgan fingerprint density at radius 1 is 0.417 bits per heavy atom. The van der Waals surface area contributed by atoms with E-state index in [2.05, 4.69) is 162 Å². The third-order valence-electron chi connectivity index (χ3n) is 9.41. The van der Waals surface area contributed by atoms with Crippen LogP contribution >= 0.6 is 11.3 Å². The minimum Gasteiger partial charge on any atom is -0.278 e. The Kier molecular flexibility index (Phi) is 6.05. The zero-order valence-electron chi connectivity index (χ0n) is 25.8. The van der Waals surface area contributed by atoms with E-state index in [0.29, 0.717) is 5.95 Å². The maximum Gasteiger partial charge on any atom is 0.235 e. The Bertz CT molecular complexity index is 2830. The molecule has 10 rings (SSSR count). The molecule has 0 spiro atoms. The first-order valence-corrected chi connectivity index (χ1v) is 17.0. The second kappa shape index (κ2) is 10.7. The Morgan fingerprint density at radius 2 is 1.08 bits per heavy atom. The van der Waals surface area contributed by atoms with Gasteiger partial charge in [0.25, 0.3) is 0 Å². The molecule has 0 N–H and O–H groups in total. The molecule has 0 aliphatic heterocycles. The molecule has 4 heteroatoms. The molecule has 0 saturated carbocycles. The number of hydrogen-bond acceptors (Lipinski definition) is 3. The van der Waals surface area contributed by atoms with Crippen LogP contribution in [-0.4, -0.2) is 14.5 Å². The summed E-state index contributed by atoms with van der Waals surface area (Å²) in [7, 11) is 0. The van der Waals surface area contributed by atoms with E-state index in [1.165, 1.54) is 47.3 Å². The molecule has 0 bridgehead atoms. The minimum absolute atomic E-state index is 0.659. The molecule has 48 heavy (non-hydrogen) atoms. The van der Waals surface area contributed by atoms with Crippen LogP contribution in [0.25, 0.3) is 92.3 Å². The third-order valence-corrected chi connectivity index (χ3v) is 10.6. The average molecular weight is 630 g/mol. The second-order valence-corrected chi connectivity index (χ2v) is 13.3. The van der Waals surface area contributed by atoms with Crippen LogP contribution in [-0.2, 0) is 0 Å². The van der Waals surface area contributed by atoms with Gasteiger partial charge in [0.15, 0.2) is 0 Å². The number of benzene rings is 7. The Labute approximate surface area is 281 Å². The van der Waals surface area contributed by atoms with Crippen LogP contribution in [0.15, 0.2) is 164 Å². The van der Waals surface area contributed by atoms with E-state index < -0.39 is 0 Å². The van der Waals surface area contributed by atoms with E-state index in [-0.39, 0.29) is 0 Å². The SMILES string of the molecule is c1ccc(-c2ccc3c4ccccc4n(-c4nc(-c5ccccc5)cc(-c5cccc6c5sc5cc7ccccc7cc56)n4)c3c2)cc1. The molecule has 0 radical (unpaired) electrons. The molecule has 7 aromatic carbocycles. The van der Waals surface area contributed by atoms with Crippen LogP contribution in [0.5, 0.6) is 0 Å². The number of para-hydroxylation sites is 1. The van der Waals surface area contributed by atoms with Crippen LogP contribution in [0.2, 0.25) is 0 Å². The Hall–Kier alpha value is -6.10. The average Bonchev–Trinajstić information content (AvgIpc) is 3.69. The fourth-order valence-electron chi connectivity index (χ4n) is 7.11. The van der Waals surface area contributed by atoms with Gasteiger partial charge in [-0.1, -0.05) is 133 Å². The molecule has 0 saturated heterocycles. The summed E-state index contributed by atoms with van der Waals surface area (Å²) >= 11 is 1.84. The van der Waals surface area contributed by atoms with Gasteiger partial charge in [-0.05, 0) is 52.2 Å². The lowest BCUT2D eigenvalue weighted by atomic mass is 10.0. The molecular weight excluding hydrogens is 603 g/mol. The summed E-state index contributed by atoms with van der Waals surface area (Å²) in [5.41, 5.74) is 8.48. The lowest BCUT2D eigenvalue weighted by Crippen LogP contribution is -2.04. The van der Waals surface area contributed by atoms with Crippen molar-refractivity contribution in [3.8, 4) is 39.6 Å². The topological polar surface area (TPSA) is 30.7 Å². The number of rotatable bonds is 4. The smallest absolute Gasteiger partial charge is 0.235 e. The largest absolute Gasteiger partial charge is 0.278 e. The van der Waals surface area contributed by atoms with Crippen LogP contribution in [0.1, 0.15) is 0 Å². The number of hydrogen-bond donors (Lipinski definition) is 0. The molecule has 0 aliphatic carbocycles. The quantitative estimate of drug-likeness (QED) is 0.194. The zero-order chi connectivity index (χ0) is 31.6. The molecule has 3 aromatic heterocycles. The maximum absolute atomic E-state index is 5.41. The molecule has 224 valence electrons. The number of fused-ring (bicyclic) bond motifs is 7. The van der Waals surface area contributed by atoms with Crippen molar-refractivity contribution < 1.29 is 0 Å². The van der Waals surface area contributed by atoms with Crippen molar-refractivity contribution in [3.05, 3.63) is 164 Å². The lowest BCUT2D eigenvalue weighted by Gasteiger charge is -2.12. The van der Waals surface area contributed by atoms with Crippen LogP contribution in [0.4, 0.5) is 0 Å². The van der Waals surface area contributed by atoms with Crippen molar-refractivity contribution in [2.24, 2.45) is 0 Å². The van der Waals surface area contributed by atoms with E-state index in [1.54, 1.807) is 0 Å². The monoisotopic (exact) mass is 629 g/mol. The summed E-state index contributed by atoms with van der Waals surface area (Å²) in [5.74, 6) is 0.659. The van der Waals surface area contributed by atoms with E-state index in [4.69, 9.17) is 9.97 Å². The maximum atomic E-state index is 5.41. The van der Waals surface area contributed by atoms with Crippen molar-refractivity contribution in [2.45, 2.75) is 0 Å². The van der Waals surface area contributed by atoms with Gasteiger partial charge in [0.2, 0.25) is 5.95 Å². The Morgan fingerprint density at radius 3 is 1.92 bits per heavy atom. The summed E-state index contributed by atoms with van der Waals surface area (Å²) in [6, 6.07) is 58.3. The molecule has 0 atom stereocenters. The van der Waals surface area contributed by atoms with Gasteiger partial charge >= 0.3 is 0 Å². The van der Waals surface area contributed by atoms with Crippen LogP contribution in [0, 0.1) is 0 Å². The van der Waals surface area contributed by atoms with Gasteiger partial charge < -0.3 is 0 Å². The first-order valence-electron chi connectivity index (χ1n) is 16.2. The van der Waals surface area contributed by atoms with Gasteiger partial charge in [-0.15, -0.1) is 11.3 Å².